The van der Waals surface area contributed by atoms with Gasteiger partial charge in [-0.25, -0.2) is 4.57 Å². The van der Waals surface area contributed by atoms with E-state index in [2.05, 4.69) is 4.52 Å². The summed E-state index contributed by atoms with van der Waals surface area (Å²) < 4.78 is 31.1. The van der Waals surface area contributed by atoms with Crippen LogP contribution in [-0.2, 0) is 23.1 Å². The minimum Gasteiger partial charge on any atom is -0.379 e. The van der Waals surface area contributed by atoms with Crippen molar-refractivity contribution >= 4 is 15.7 Å². The molecule has 0 aromatic carbocycles. The molecule has 0 aliphatic carbocycles. The smallest absolute Gasteiger partial charge is 0.379 e. The molecule has 5 atom stereocenters. The fraction of sp³-hybridized carbons (Fsp3) is 1.00. The molecule has 1 N–H and O–H groups in total. The lowest BCUT2D eigenvalue weighted by atomic mass is 9.92. The van der Waals surface area contributed by atoms with Crippen LogP contribution < -0.4 is 0 Å². The van der Waals surface area contributed by atoms with Crippen molar-refractivity contribution in [2.24, 2.45) is 0 Å². The number of phosphoric acid groups is 1. The lowest BCUT2D eigenvalue weighted by Gasteiger charge is -2.23. The lowest BCUT2D eigenvalue weighted by Crippen LogP contribution is -2.36. The first-order valence-corrected chi connectivity index (χ1v) is 6.45. The van der Waals surface area contributed by atoms with Crippen LogP contribution in [0.15, 0.2) is 0 Å². The molecule has 1 saturated heterocycles. The Hall–Kier alpha value is 0.0949. The normalized spacial score (nSPS) is 38.5. The molecular formula is C8H16BO6P. The van der Waals surface area contributed by atoms with Crippen LogP contribution in [0.2, 0.25) is 0 Å². The van der Waals surface area contributed by atoms with Crippen LogP contribution in [0.25, 0.3) is 0 Å². The van der Waals surface area contributed by atoms with E-state index in [1.807, 2.05) is 6.92 Å². The predicted molar refractivity (Wildman–Crippen MR) is 57.2 cm³/mol. The molecular weight excluding hydrogens is 234 g/mol. The zero-order chi connectivity index (χ0) is 12.3. The van der Waals surface area contributed by atoms with Crippen molar-refractivity contribution in [2.75, 3.05) is 14.2 Å². The Morgan fingerprint density at radius 2 is 2.06 bits per heavy atom. The fourth-order valence-corrected chi connectivity index (χ4v) is 2.33. The third-order valence-corrected chi connectivity index (χ3v) is 3.48. The second kappa shape index (κ2) is 5.62. The van der Waals surface area contributed by atoms with Crippen molar-refractivity contribution in [2.45, 2.75) is 37.7 Å². The van der Waals surface area contributed by atoms with Crippen LogP contribution in [0.5, 0.6) is 0 Å². The Morgan fingerprint density at radius 3 is 2.50 bits per heavy atom. The van der Waals surface area contributed by atoms with E-state index in [4.69, 9.17) is 21.8 Å². The Balaban J connectivity index is 2.77. The predicted octanol–water partition coefficient (Wildman–Crippen LogP) is 0.437. The molecule has 0 spiro atoms. The highest BCUT2D eigenvalue weighted by atomic mass is 31.2. The molecule has 1 aliphatic heterocycles. The Labute approximate surface area is 96.2 Å². The van der Waals surface area contributed by atoms with Crippen LogP contribution in [0, 0.1) is 0 Å². The van der Waals surface area contributed by atoms with Gasteiger partial charge in [-0.3, -0.25) is 9.05 Å². The van der Waals surface area contributed by atoms with E-state index in [0.717, 1.165) is 7.11 Å². The molecule has 1 aliphatic rings. The van der Waals surface area contributed by atoms with Crippen molar-refractivity contribution in [3.05, 3.63) is 0 Å². The van der Waals surface area contributed by atoms with E-state index in [0.29, 0.717) is 6.42 Å². The first-order chi connectivity index (χ1) is 7.45. The minimum absolute atomic E-state index is 0.379. The summed E-state index contributed by atoms with van der Waals surface area (Å²) in [6, 6.07) is -0.670. The molecule has 6 nitrogen and oxygen atoms in total. The molecule has 1 fully saturated rings. The van der Waals surface area contributed by atoms with E-state index in [1.54, 1.807) is 0 Å². The summed E-state index contributed by atoms with van der Waals surface area (Å²) in [5.41, 5.74) is 0. The van der Waals surface area contributed by atoms with Crippen molar-refractivity contribution in [1.82, 2.24) is 0 Å². The molecule has 2 radical (unpaired) electrons. The standard InChI is InChI=1S/C8H16BO6P/c1-4-5-6(15-16(10,11)13-3)7(12-2)8(9)14-5/h5-8H,4H2,1-3H3,(H,10,11). The number of rotatable bonds is 5. The van der Waals surface area contributed by atoms with Gasteiger partial charge >= 0.3 is 7.82 Å². The first-order valence-electron chi connectivity index (χ1n) is 4.96. The molecule has 5 unspecified atom stereocenters. The van der Waals surface area contributed by atoms with E-state index in [1.165, 1.54) is 7.11 Å². The van der Waals surface area contributed by atoms with Gasteiger partial charge in [-0.2, -0.15) is 0 Å². The summed E-state index contributed by atoms with van der Waals surface area (Å²) in [4.78, 5) is 9.26. The molecule has 0 aromatic heterocycles. The Morgan fingerprint density at radius 1 is 1.44 bits per heavy atom. The summed E-state index contributed by atoms with van der Waals surface area (Å²) in [6.07, 6.45) is -1.07. The highest BCUT2D eigenvalue weighted by Gasteiger charge is 2.45. The van der Waals surface area contributed by atoms with Crippen molar-refractivity contribution in [3.63, 3.8) is 0 Å². The number of hydrogen-bond acceptors (Lipinski definition) is 5. The molecule has 0 saturated carbocycles. The van der Waals surface area contributed by atoms with Crippen LogP contribution >= 0.6 is 7.82 Å². The average molecular weight is 250 g/mol. The lowest BCUT2D eigenvalue weighted by molar-refractivity contribution is -0.000944. The third kappa shape index (κ3) is 3.06. The zero-order valence-corrected chi connectivity index (χ0v) is 10.4. The maximum atomic E-state index is 11.3. The summed E-state index contributed by atoms with van der Waals surface area (Å²) in [5, 5.41) is 0. The van der Waals surface area contributed by atoms with Gasteiger partial charge in [0.25, 0.3) is 0 Å². The van der Waals surface area contributed by atoms with Crippen molar-refractivity contribution < 1.29 is 28.0 Å². The number of hydrogen-bond donors (Lipinski definition) is 1. The molecule has 1 rings (SSSR count). The van der Waals surface area contributed by atoms with E-state index in [-0.39, 0.29) is 6.10 Å². The number of methoxy groups -OCH3 is 1. The second-order valence-electron chi connectivity index (χ2n) is 3.47. The largest absolute Gasteiger partial charge is 0.472 e. The van der Waals surface area contributed by atoms with Crippen LogP contribution in [0.4, 0.5) is 0 Å². The zero-order valence-electron chi connectivity index (χ0n) is 9.53. The molecule has 16 heavy (non-hydrogen) atoms. The second-order valence-corrected chi connectivity index (χ2v) is 4.98. The van der Waals surface area contributed by atoms with E-state index in [9.17, 15) is 9.46 Å². The van der Waals surface area contributed by atoms with E-state index >= 15 is 0 Å². The minimum atomic E-state index is -4.07. The maximum Gasteiger partial charge on any atom is 0.472 e. The van der Waals surface area contributed by atoms with E-state index < -0.39 is 26.0 Å². The Bertz CT molecular complexity index is 275. The van der Waals surface area contributed by atoms with Crippen LogP contribution in [0.1, 0.15) is 13.3 Å². The Kier molecular flexibility index (Phi) is 4.97. The number of phosphoric ester groups is 1. The summed E-state index contributed by atoms with van der Waals surface area (Å²) in [6.45, 7) is 1.86. The first kappa shape index (κ1) is 14.2. The van der Waals surface area contributed by atoms with Gasteiger partial charge in [0.05, 0.1) is 6.10 Å². The molecule has 0 amide bonds. The summed E-state index contributed by atoms with van der Waals surface area (Å²) in [5.74, 6) is 0. The highest BCUT2D eigenvalue weighted by Crippen LogP contribution is 2.46. The van der Waals surface area contributed by atoms with Crippen molar-refractivity contribution in [3.8, 4) is 0 Å². The van der Waals surface area contributed by atoms with Crippen LogP contribution in [-0.4, -0.2) is 51.3 Å². The average Bonchev–Trinajstić information content (AvgIpc) is 2.53. The van der Waals surface area contributed by atoms with Gasteiger partial charge in [0.2, 0.25) is 0 Å². The molecule has 1 heterocycles. The fourth-order valence-electron chi connectivity index (χ4n) is 1.68. The van der Waals surface area contributed by atoms with Gasteiger partial charge in [-0.1, -0.05) is 6.92 Å². The van der Waals surface area contributed by atoms with Gasteiger partial charge < -0.3 is 14.4 Å². The van der Waals surface area contributed by atoms with Gasteiger partial charge in [-0.15, -0.1) is 0 Å². The summed E-state index contributed by atoms with van der Waals surface area (Å²) >= 11 is 0. The van der Waals surface area contributed by atoms with Gasteiger partial charge in [0.15, 0.2) is 0 Å². The third-order valence-electron chi connectivity index (χ3n) is 2.51. The molecule has 8 heteroatoms. The quantitative estimate of drug-likeness (QED) is 0.563. The topological polar surface area (TPSA) is 74.2 Å². The maximum absolute atomic E-state index is 11.3. The van der Waals surface area contributed by atoms with Gasteiger partial charge in [0, 0.05) is 20.2 Å². The van der Waals surface area contributed by atoms with Crippen molar-refractivity contribution in [1.29, 1.82) is 0 Å². The monoisotopic (exact) mass is 250 g/mol. The summed E-state index contributed by atoms with van der Waals surface area (Å²) in [7, 11) is 4.14. The SMILES string of the molecule is [B]C1OC(CC)C(OP(=O)(O)OC)C1OC. The van der Waals surface area contributed by atoms with Gasteiger partial charge in [-0.05, 0) is 6.42 Å². The van der Waals surface area contributed by atoms with Gasteiger partial charge in [0.1, 0.15) is 20.1 Å². The molecule has 92 valence electrons. The highest BCUT2D eigenvalue weighted by molar-refractivity contribution is 7.47. The van der Waals surface area contributed by atoms with Crippen LogP contribution in [0.3, 0.4) is 0 Å². The number of ether oxygens (including phenoxy) is 2. The molecule has 0 bridgehead atoms. The molecule has 0 aromatic rings.